The number of carbonyl (C=O) groups excluding carboxylic acids is 1. The van der Waals surface area contributed by atoms with Crippen LogP contribution in [0.5, 0.6) is 11.6 Å². The van der Waals surface area contributed by atoms with Crippen molar-refractivity contribution in [1.29, 1.82) is 0 Å². The van der Waals surface area contributed by atoms with Gasteiger partial charge in [-0.3, -0.25) is 4.79 Å². The van der Waals surface area contributed by atoms with Crippen LogP contribution in [0.4, 0.5) is 13.2 Å². The van der Waals surface area contributed by atoms with Crippen LogP contribution in [0.3, 0.4) is 0 Å². The second-order valence-electron chi connectivity index (χ2n) is 9.67. The first-order valence-electron chi connectivity index (χ1n) is 12.7. The monoisotopic (exact) mass is 644 g/mol. The maximum Gasteiger partial charge on any atom is 0.417 e. The van der Waals surface area contributed by atoms with Gasteiger partial charge >= 0.3 is 16.3 Å². The Labute approximate surface area is 248 Å². The number of carbonyl (C=O) groups is 1. The SMILES string of the molecule is CS(=O)(=O)Oc1cccc(Cl)c1C1CC(c2csc(C3CCN(C(=O)COc4ccc(C(F)(F)F)cn4)CC3)n2)=NO1. The van der Waals surface area contributed by atoms with Crippen LogP contribution >= 0.6 is 22.9 Å². The zero-order valence-electron chi connectivity index (χ0n) is 22.0. The fourth-order valence-electron chi connectivity index (χ4n) is 4.59. The van der Waals surface area contributed by atoms with Crippen molar-refractivity contribution in [3.8, 4) is 11.6 Å². The number of piperidine rings is 1. The van der Waals surface area contributed by atoms with E-state index in [0.29, 0.717) is 60.5 Å². The molecule has 1 amide bonds. The third-order valence-corrected chi connectivity index (χ3v) is 8.49. The number of likely N-dealkylation sites (tertiary alicyclic amines) is 1. The molecule has 0 N–H and O–H groups in total. The molecule has 0 spiro atoms. The number of thiazole rings is 1. The number of nitrogens with zero attached hydrogens (tertiary/aromatic N) is 4. The molecule has 2 aliphatic heterocycles. The topological polar surface area (TPSA) is 120 Å². The van der Waals surface area contributed by atoms with E-state index in [4.69, 9.17) is 30.3 Å². The summed E-state index contributed by atoms with van der Waals surface area (Å²) < 4.78 is 71.8. The predicted molar refractivity (Wildman–Crippen MR) is 147 cm³/mol. The highest BCUT2D eigenvalue weighted by molar-refractivity contribution is 7.86. The summed E-state index contributed by atoms with van der Waals surface area (Å²) in [6, 6.07) is 6.63. The first-order chi connectivity index (χ1) is 19.9. The van der Waals surface area contributed by atoms with Gasteiger partial charge in [0.15, 0.2) is 18.5 Å². The summed E-state index contributed by atoms with van der Waals surface area (Å²) in [5.74, 6) is -0.136. The normalized spacial score (nSPS) is 18.0. The first-order valence-corrected chi connectivity index (χ1v) is 15.7. The largest absolute Gasteiger partial charge is 0.468 e. The standard InChI is InChI=1S/C26H24ClF3N4O6S2/c1-42(36,37)40-20-4-2-3-17(27)24(20)21-11-18(33-39-21)19-14-41-25(32-19)15-7-9-34(10-8-15)23(35)13-38-22-6-5-16(12-31-22)26(28,29)30/h2-6,12,14-15,21H,7-11,13H2,1H3. The van der Waals surface area contributed by atoms with Gasteiger partial charge in [0.1, 0.15) is 5.71 Å². The lowest BCUT2D eigenvalue weighted by Gasteiger charge is -2.31. The second kappa shape index (κ2) is 12.1. The van der Waals surface area contributed by atoms with Crippen LogP contribution in [0.15, 0.2) is 47.1 Å². The van der Waals surface area contributed by atoms with Gasteiger partial charge in [-0.15, -0.1) is 11.3 Å². The van der Waals surface area contributed by atoms with Crippen LogP contribution in [-0.2, 0) is 25.9 Å². The van der Waals surface area contributed by atoms with Gasteiger partial charge in [0.25, 0.3) is 5.91 Å². The molecule has 1 fully saturated rings. The number of alkyl halides is 3. The van der Waals surface area contributed by atoms with Crippen LogP contribution in [0, 0.1) is 0 Å². The van der Waals surface area contributed by atoms with Crippen LogP contribution < -0.4 is 8.92 Å². The summed E-state index contributed by atoms with van der Waals surface area (Å²) >= 11 is 7.83. The Morgan fingerprint density at radius 3 is 2.64 bits per heavy atom. The molecule has 1 saturated heterocycles. The molecule has 42 heavy (non-hydrogen) atoms. The molecule has 2 aromatic heterocycles. The summed E-state index contributed by atoms with van der Waals surface area (Å²) in [5.41, 5.74) is 0.726. The van der Waals surface area contributed by atoms with E-state index in [-0.39, 0.29) is 30.1 Å². The molecule has 3 aromatic rings. The highest BCUT2D eigenvalue weighted by Gasteiger charge is 2.33. The fourth-order valence-corrected chi connectivity index (χ4v) is 6.35. The molecule has 0 aliphatic carbocycles. The second-order valence-corrected chi connectivity index (χ2v) is 12.5. The Bertz CT molecular complexity index is 1590. The van der Waals surface area contributed by atoms with Gasteiger partial charge in [0.2, 0.25) is 5.88 Å². The number of oxime groups is 1. The van der Waals surface area contributed by atoms with Gasteiger partial charge < -0.3 is 18.7 Å². The number of amides is 1. The minimum atomic E-state index is -4.50. The Balaban J connectivity index is 1.14. The molecule has 224 valence electrons. The summed E-state index contributed by atoms with van der Waals surface area (Å²) in [4.78, 5) is 28.2. The summed E-state index contributed by atoms with van der Waals surface area (Å²) in [5, 5.41) is 7.23. The van der Waals surface area contributed by atoms with Gasteiger partial charge in [-0.25, -0.2) is 9.97 Å². The number of hydrogen-bond donors (Lipinski definition) is 0. The molecule has 1 aromatic carbocycles. The smallest absolute Gasteiger partial charge is 0.417 e. The number of pyridine rings is 1. The lowest BCUT2D eigenvalue weighted by atomic mass is 9.97. The van der Waals surface area contributed by atoms with E-state index in [1.54, 1.807) is 17.0 Å². The van der Waals surface area contributed by atoms with Crippen LogP contribution in [0.1, 0.15) is 53.1 Å². The minimum absolute atomic E-state index is 0.0590. The quantitative estimate of drug-likeness (QED) is 0.307. The van der Waals surface area contributed by atoms with E-state index in [2.05, 4.69) is 10.1 Å². The van der Waals surface area contributed by atoms with Crippen molar-refractivity contribution in [3.63, 3.8) is 0 Å². The first kappa shape index (κ1) is 30.0. The van der Waals surface area contributed by atoms with Crippen molar-refractivity contribution in [2.24, 2.45) is 5.16 Å². The molecule has 16 heteroatoms. The summed E-state index contributed by atoms with van der Waals surface area (Å²) in [6.45, 7) is 0.627. The predicted octanol–water partition coefficient (Wildman–Crippen LogP) is 5.20. The number of halogens is 4. The summed E-state index contributed by atoms with van der Waals surface area (Å²) in [6.07, 6.45) is -1.87. The third-order valence-electron chi connectivity index (χ3n) is 6.67. The van der Waals surface area contributed by atoms with E-state index in [1.807, 2.05) is 5.38 Å². The highest BCUT2D eigenvalue weighted by Crippen LogP contribution is 2.40. The van der Waals surface area contributed by atoms with Gasteiger partial charge in [-0.05, 0) is 31.0 Å². The molecule has 0 saturated carbocycles. The average Bonchev–Trinajstić information content (AvgIpc) is 3.61. The maximum absolute atomic E-state index is 12.7. The molecular weight excluding hydrogens is 621 g/mol. The Hall–Kier alpha value is -3.43. The van der Waals surface area contributed by atoms with E-state index in [9.17, 15) is 26.4 Å². The Kier molecular flexibility index (Phi) is 8.62. The van der Waals surface area contributed by atoms with E-state index < -0.39 is 28.0 Å². The van der Waals surface area contributed by atoms with E-state index in [1.165, 1.54) is 17.4 Å². The lowest BCUT2D eigenvalue weighted by molar-refractivity contribution is -0.138. The molecule has 1 unspecified atom stereocenters. The third kappa shape index (κ3) is 7.13. The molecule has 4 heterocycles. The molecular formula is C26H24ClF3N4O6S2. The van der Waals surface area contributed by atoms with Gasteiger partial charge in [0.05, 0.1) is 33.1 Å². The van der Waals surface area contributed by atoms with Crippen LogP contribution in [-0.4, -0.2) is 60.9 Å². The lowest BCUT2D eigenvalue weighted by Crippen LogP contribution is -2.40. The Morgan fingerprint density at radius 1 is 1.21 bits per heavy atom. The molecule has 2 aliphatic rings. The van der Waals surface area contributed by atoms with E-state index >= 15 is 0 Å². The van der Waals surface area contributed by atoms with Gasteiger partial charge in [-0.2, -0.15) is 21.6 Å². The number of aromatic nitrogens is 2. The molecule has 0 bridgehead atoms. The van der Waals surface area contributed by atoms with E-state index in [0.717, 1.165) is 23.4 Å². The van der Waals surface area contributed by atoms with Gasteiger partial charge in [-0.1, -0.05) is 22.8 Å². The Morgan fingerprint density at radius 2 is 1.98 bits per heavy atom. The average molecular weight is 645 g/mol. The zero-order valence-corrected chi connectivity index (χ0v) is 24.4. The zero-order chi connectivity index (χ0) is 30.1. The minimum Gasteiger partial charge on any atom is -0.468 e. The van der Waals surface area contributed by atoms with Crippen molar-refractivity contribution in [2.45, 2.75) is 37.5 Å². The molecule has 5 rings (SSSR count). The van der Waals surface area contributed by atoms with Crippen LogP contribution in [0.2, 0.25) is 5.02 Å². The molecule has 0 radical (unpaired) electrons. The molecule has 1 atom stereocenters. The fraction of sp³-hybridized carbons (Fsp3) is 0.385. The van der Waals surface area contributed by atoms with Gasteiger partial charge in [0, 0.05) is 43.1 Å². The number of ether oxygens (including phenoxy) is 1. The number of hydrogen-bond acceptors (Lipinski definition) is 10. The van der Waals surface area contributed by atoms with Crippen molar-refractivity contribution in [2.75, 3.05) is 26.0 Å². The van der Waals surface area contributed by atoms with Crippen molar-refractivity contribution >= 4 is 44.7 Å². The molecule has 10 nitrogen and oxygen atoms in total. The van der Waals surface area contributed by atoms with Crippen molar-refractivity contribution in [1.82, 2.24) is 14.9 Å². The highest BCUT2D eigenvalue weighted by atomic mass is 35.5. The number of benzene rings is 1. The van der Waals surface area contributed by atoms with Crippen molar-refractivity contribution < 1.29 is 40.1 Å². The van der Waals surface area contributed by atoms with Crippen LogP contribution in [0.25, 0.3) is 0 Å². The number of rotatable bonds is 8. The van der Waals surface area contributed by atoms with Crippen molar-refractivity contribution in [3.05, 3.63) is 68.8 Å². The summed E-state index contributed by atoms with van der Waals surface area (Å²) in [7, 11) is -3.78. The maximum atomic E-state index is 12.7.